The van der Waals surface area contributed by atoms with Gasteiger partial charge in [0.05, 0.1) is 6.21 Å². The van der Waals surface area contributed by atoms with Gasteiger partial charge in [-0.25, -0.2) is 0 Å². The highest BCUT2D eigenvalue weighted by Crippen LogP contribution is 2.15. The summed E-state index contributed by atoms with van der Waals surface area (Å²) < 4.78 is 0.901. The lowest BCUT2D eigenvalue weighted by molar-refractivity contribution is -0.120. The molecule has 21 heavy (non-hydrogen) atoms. The van der Waals surface area contributed by atoms with Crippen molar-refractivity contribution >= 4 is 33.7 Å². The largest absolute Gasteiger partial charge is 0.386 e. The summed E-state index contributed by atoms with van der Waals surface area (Å²) in [6.07, 6.45) is 1.58. The molecule has 2 rings (SSSR count). The van der Waals surface area contributed by atoms with Gasteiger partial charge in [-0.1, -0.05) is 57.0 Å². The fourth-order valence-corrected chi connectivity index (χ4v) is 2.01. The van der Waals surface area contributed by atoms with E-state index in [0.717, 1.165) is 10.0 Å². The van der Waals surface area contributed by atoms with Crippen molar-refractivity contribution in [2.45, 2.75) is 6.92 Å². The number of hydrogen-bond acceptors (Lipinski definition) is 3. The number of carbonyl (C=O) groups excluding carboxylic acids is 1. The van der Waals surface area contributed by atoms with Gasteiger partial charge in [-0.15, -0.1) is 0 Å². The van der Waals surface area contributed by atoms with Crippen LogP contribution >= 0.6 is 15.9 Å². The molecule has 0 fully saturated rings. The molecule has 0 aliphatic heterocycles. The van der Waals surface area contributed by atoms with Gasteiger partial charge in [0, 0.05) is 10.2 Å². The van der Waals surface area contributed by atoms with Crippen LogP contribution in [-0.4, -0.2) is 18.7 Å². The Morgan fingerprint density at radius 2 is 2.05 bits per heavy atom. The number of amides is 1. The lowest BCUT2D eigenvalue weighted by atomic mass is 10.2. The normalized spacial score (nSPS) is 10.6. The van der Waals surface area contributed by atoms with E-state index >= 15 is 0 Å². The molecule has 0 aliphatic carbocycles. The Balaban J connectivity index is 1.78. The number of nitrogens with one attached hydrogen (secondary N) is 1. The SMILES string of the molecule is Cc1ccc(/C=N\OCC(=O)Nc2cccc(Br)c2)cc1. The molecule has 0 heterocycles. The summed E-state index contributed by atoms with van der Waals surface area (Å²) in [5.41, 5.74) is 2.81. The summed E-state index contributed by atoms with van der Waals surface area (Å²) in [7, 11) is 0. The molecule has 0 radical (unpaired) electrons. The number of aryl methyl sites for hydroxylation is 1. The zero-order valence-corrected chi connectivity index (χ0v) is 13.1. The second-order valence-corrected chi connectivity index (χ2v) is 5.39. The van der Waals surface area contributed by atoms with Crippen LogP contribution in [0.2, 0.25) is 0 Å². The number of anilines is 1. The van der Waals surface area contributed by atoms with E-state index in [2.05, 4.69) is 26.4 Å². The zero-order chi connectivity index (χ0) is 15.1. The average molecular weight is 347 g/mol. The predicted octanol–water partition coefficient (Wildman–Crippen LogP) is 3.75. The van der Waals surface area contributed by atoms with E-state index in [-0.39, 0.29) is 12.5 Å². The topological polar surface area (TPSA) is 50.7 Å². The van der Waals surface area contributed by atoms with Gasteiger partial charge in [0.2, 0.25) is 0 Å². The van der Waals surface area contributed by atoms with E-state index in [4.69, 9.17) is 4.84 Å². The Kier molecular flexibility index (Phi) is 5.51. The van der Waals surface area contributed by atoms with Crippen LogP contribution in [0.4, 0.5) is 5.69 Å². The van der Waals surface area contributed by atoms with E-state index in [1.165, 1.54) is 5.56 Å². The van der Waals surface area contributed by atoms with Crippen molar-refractivity contribution in [3.05, 3.63) is 64.1 Å². The van der Waals surface area contributed by atoms with Gasteiger partial charge < -0.3 is 10.2 Å². The highest BCUT2D eigenvalue weighted by atomic mass is 79.9. The van der Waals surface area contributed by atoms with Crippen molar-refractivity contribution in [3.8, 4) is 0 Å². The molecule has 0 spiro atoms. The van der Waals surface area contributed by atoms with Crippen molar-refractivity contribution in [1.29, 1.82) is 0 Å². The Morgan fingerprint density at radius 3 is 2.76 bits per heavy atom. The van der Waals surface area contributed by atoms with Gasteiger partial charge in [0.15, 0.2) is 6.61 Å². The molecular weight excluding hydrogens is 332 g/mol. The molecule has 4 nitrogen and oxygen atoms in total. The van der Waals surface area contributed by atoms with Gasteiger partial charge in [-0.3, -0.25) is 4.79 Å². The van der Waals surface area contributed by atoms with Crippen molar-refractivity contribution in [1.82, 2.24) is 0 Å². The van der Waals surface area contributed by atoms with Gasteiger partial charge >= 0.3 is 0 Å². The van der Waals surface area contributed by atoms with E-state index in [0.29, 0.717) is 5.69 Å². The molecule has 2 aromatic carbocycles. The summed E-state index contributed by atoms with van der Waals surface area (Å²) in [6, 6.07) is 15.2. The highest BCUT2D eigenvalue weighted by molar-refractivity contribution is 9.10. The summed E-state index contributed by atoms with van der Waals surface area (Å²) in [5, 5.41) is 6.50. The number of hydrogen-bond donors (Lipinski definition) is 1. The third-order valence-electron chi connectivity index (χ3n) is 2.66. The third-order valence-corrected chi connectivity index (χ3v) is 3.15. The first-order valence-corrected chi connectivity index (χ1v) is 7.20. The Hall–Kier alpha value is -2.14. The maximum atomic E-state index is 11.7. The molecule has 0 aromatic heterocycles. The zero-order valence-electron chi connectivity index (χ0n) is 11.5. The number of carbonyl (C=O) groups is 1. The van der Waals surface area contributed by atoms with Crippen LogP contribution in [0.3, 0.4) is 0 Å². The fourth-order valence-electron chi connectivity index (χ4n) is 1.61. The fraction of sp³-hybridized carbons (Fsp3) is 0.125. The van der Waals surface area contributed by atoms with Gasteiger partial charge in [0.1, 0.15) is 0 Å². The average Bonchev–Trinajstić information content (AvgIpc) is 2.45. The summed E-state index contributed by atoms with van der Waals surface area (Å²) in [6.45, 7) is 1.89. The van der Waals surface area contributed by atoms with Crippen LogP contribution in [-0.2, 0) is 9.63 Å². The monoisotopic (exact) mass is 346 g/mol. The molecule has 108 valence electrons. The van der Waals surface area contributed by atoms with E-state index in [1.54, 1.807) is 12.3 Å². The van der Waals surface area contributed by atoms with Crippen LogP contribution in [0.5, 0.6) is 0 Å². The second kappa shape index (κ2) is 7.59. The van der Waals surface area contributed by atoms with Crippen molar-refractivity contribution < 1.29 is 9.63 Å². The minimum Gasteiger partial charge on any atom is -0.386 e. The summed E-state index contributed by atoms with van der Waals surface area (Å²) >= 11 is 3.34. The first-order valence-electron chi connectivity index (χ1n) is 6.41. The Labute approximate surface area is 131 Å². The second-order valence-electron chi connectivity index (χ2n) is 4.48. The molecule has 0 unspecified atom stereocenters. The quantitative estimate of drug-likeness (QED) is 0.662. The number of halogens is 1. The highest BCUT2D eigenvalue weighted by Gasteiger charge is 2.02. The molecule has 0 bridgehead atoms. The van der Waals surface area contributed by atoms with Crippen LogP contribution in [0.25, 0.3) is 0 Å². The molecule has 1 amide bonds. The molecule has 0 saturated carbocycles. The molecule has 0 saturated heterocycles. The van der Waals surface area contributed by atoms with Gasteiger partial charge in [-0.05, 0) is 30.7 Å². The Morgan fingerprint density at radius 1 is 1.29 bits per heavy atom. The van der Waals surface area contributed by atoms with Gasteiger partial charge in [0.25, 0.3) is 5.91 Å². The molecule has 0 aliphatic rings. The minimum atomic E-state index is -0.255. The van der Waals surface area contributed by atoms with E-state index in [9.17, 15) is 4.79 Å². The van der Waals surface area contributed by atoms with Crippen molar-refractivity contribution in [3.63, 3.8) is 0 Å². The van der Waals surface area contributed by atoms with E-state index < -0.39 is 0 Å². The first kappa shape index (κ1) is 15.3. The first-order chi connectivity index (χ1) is 10.1. The minimum absolute atomic E-state index is 0.130. The number of benzene rings is 2. The van der Waals surface area contributed by atoms with Crippen LogP contribution in [0, 0.1) is 6.92 Å². The number of rotatable bonds is 5. The lowest BCUT2D eigenvalue weighted by Gasteiger charge is -2.04. The lowest BCUT2D eigenvalue weighted by Crippen LogP contribution is -2.16. The maximum absolute atomic E-state index is 11.7. The summed E-state index contributed by atoms with van der Waals surface area (Å²) in [4.78, 5) is 16.6. The molecule has 0 atom stereocenters. The molecule has 5 heteroatoms. The molecule has 2 aromatic rings. The smallest absolute Gasteiger partial charge is 0.265 e. The van der Waals surface area contributed by atoms with E-state index in [1.807, 2.05) is 49.4 Å². The van der Waals surface area contributed by atoms with Gasteiger partial charge in [-0.2, -0.15) is 0 Å². The predicted molar refractivity (Wildman–Crippen MR) is 87.5 cm³/mol. The maximum Gasteiger partial charge on any atom is 0.265 e. The summed E-state index contributed by atoms with van der Waals surface area (Å²) in [5.74, 6) is -0.255. The molecular formula is C16H15BrN2O2. The number of nitrogens with zero attached hydrogens (tertiary/aromatic N) is 1. The van der Waals surface area contributed by atoms with Crippen LogP contribution in [0.1, 0.15) is 11.1 Å². The van der Waals surface area contributed by atoms with Crippen LogP contribution in [0.15, 0.2) is 58.2 Å². The van der Waals surface area contributed by atoms with Crippen LogP contribution < -0.4 is 5.32 Å². The van der Waals surface area contributed by atoms with Crippen molar-refractivity contribution in [2.24, 2.45) is 5.16 Å². The van der Waals surface area contributed by atoms with Crippen molar-refractivity contribution in [2.75, 3.05) is 11.9 Å². The molecule has 1 N–H and O–H groups in total. The Bertz CT molecular complexity index is 639. The number of oxime groups is 1. The standard InChI is InChI=1S/C16H15BrN2O2/c1-12-5-7-13(8-6-12)10-18-21-11-16(20)19-15-4-2-3-14(17)9-15/h2-10H,11H2,1H3,(H,19,20)/b18-10-. The third kappa shape index (κ3) is 5.39.